The van der Waals surface area contributed by atoms with E-state index in [0.29, 0.717) is 0 Å². The first-order valence-electron chi connectivity index (χ1n) is 3.84. The van der Waals surface area contributed by atoms with Gasteiger partial charge in [0.05, 0.1) is 19.6 Å². The minimum Gasteiger partial charge on any atom is -0.497 e. The Kier molecular flexibility index (Phi) is 3.45. The van der Waals surface area contributed by atoms with Gasteiger partial charge < -0.3 is 15.2 Å². The van der Waals surface area contributed by atoms with Crippen LogP contribution in [-0.4, -0.2) is 14.2 Å². The number of methoxy groups -OCH3 is 2. The lowest BCUT2D eigenvalue weighted by Crippen LogP contribution is -2.04. The molecular weight excluding hydrogens is 186 g/mol. The summed E-state index contributed by atoms with van der Waals surface area (Å²) in [6, 6.07) is 5.44. The van der Waals surface area contributed by atoms with E-state index in [1.165, 1.54) is 0 Å². The fraction of sp³-hybridized carbons (Fsp3) is 0.333. The zero-order chi connectivity index (χ0) is 9.84. The molecule has 1 aromatic carbocycles. The minimum atomic E-state index is -0.356. The van der Waals surface area contributed by atoms with Gasteiger partial charge in [-0.3, -0.25) is 0 Å². The predicted molar refractivity (Wildman–Crippen MR) is 55.5 cm³/mol. The first-order valence-corrected chi connectivity index (χ1v) is 4.36. The molecule has 4 heteroatoms. The fourth-order valence-electron chi connectivity index (χ4n) is 1.07. The highest BCUT2D eigenvalue weighted by Gasteiger charge is 2.08. The van der Waals surface area contributed by atoms with Crippen molar-refractivity contribution in [2.75, 3.05) is 14.2 Å². The smallest absolute Gasteiger partial charge is 0.124 e. The lowest BCUT2D eigenvalue weighted by molar-refractivity contribution is 0.398. The van der Waals surface area contributed by atoms with Crippen LogP contribution >= 0.6 is 12.6 Å². The van der Waals surface area contributed by atoms with E-state index < -0.39 is 0 Å². The maximum Gasteiger partial charge on any atom is 0.124 e. The Hall–Kier alpha value is -0.870. The average Bonchev–Trinajstić information content (AvgIpc) is 2.16. The normalized spacial score (nSPS) is 12.3. The van der Waals surface area contributed by atoms with Crippen LogP contribution in [0.25, 0.3) is 0 Å². The largest absolute Gasteiger partial charge is 0.497 e. The molecule has 0 spiro atoms. The molecule has 1 atom stereocenters. The van der Waals surface area contributed by atoms with Crippen molar-refractivity contribution in [2.24, 2.45) is 5.73 Å². The van der Waals surface area contributed by atoms with Crippen molar-refractivity contribution in [3.05, 3.63) is 23.8 Å². The number of hydrogen-bond acceptors (Lipinski definition) is 4. The second-order valence-electron chi connectivity index (χ2n) is 2.55. The molecule has 1 unspecified atom stereocenters. The molecule has 0 aliphatic carbocycles. The van der Waals surface area contributed by atoms with Gasteiger partial charge in [-0.15, -0.1) is 0 Å². The molecule has 1 rings (SSSR count). The minimum absolute atomic E-state index is 0.356. The third-order valence-electron chi connectivity index (χ3n) is 1.76. The van der Waals surface area contributed by atoms with Gasteiger partial charge in [-0.1, -0.05) is 0 Å². The van der Waals surface area contributed by atoms with Crippen LogP contribution in [0.15, 0.2) is 18.2 Å². The van der Waals surface area contributed by atoms with E-state index in [4.69, 9.17) is 15.2 Å². The van der Waals surface area contributed by atoms with Crippen molar-refractivity contribution in [2.45, 2.75) is 5.37 Å². The SMILES string of the molecule is COc1ccc(OC)c(C(N)S)c1. The van der Waals surface area contributed by atoms with Crippen molar-refractivity contribution in [1.82, 2.24) is 0 Å². The third kappa shape index (κ3) is 2.29. The van der Waals surface area contributed by atoms with Gasteiger partial charge in [-0.2, -0.15) is 12.6 Å². The van der Waals surface area contributed by atoms with Gasteiger partial charge in [0, 0.05) is 5.56 Å². The molecule has 0 aromatic heterocycles. The monoisotopic (exact) mass is 199 g/mol. The highest BCUT2D eigenvalue weighted by Crippen LogP contribution is 2.29. The molecule has 3 nitrogen and oxygen atoms in total. The highest BCUT2D eigenvalue weighted by molar-refractivity contribution is 7.80. The molecule has 72 valence electrons. The summed E-state index contributed by atoms with van der Waals surface area (Å²) < 4.78 is 10.2. The maximum atomic E-state index is 5.64. The van der Waals surface area contributed by atoms with E-state index in [0.717, 1.165) is 17.1 Å². The molecule has 0 radical (unpaired) electrons. The van der Waals surface area contributed by atoms with E-state index in [1.807, 2.05) is 18.2 Å². The molecule has 13 heavy (non-hydrogen) atoms. The molecule has 0 amide bonds. The number of ether oxygens (including phenoxy) is 2. The molecular formula is C9H13NO2S. The molecule has 0 heterocycles. The zero-order valence-corrected chi connectivity index (χ0v) is 8.54. The lowest BCUT2D eigenvalue weighted by atomic mass is 10.2. The summed E-state index contributed by atoms with van der Waals surface area (Å²) in [5, 5.41) is -0.356. The number of benzene rings is 1. The Bertz CT molecular complexity index is 289. The van der Waals surface area contributed by atoms with Crippen molar-refractivity contribution in [3.8, 4) is 11.5 Å². The fourth-order valence-corrected chi connectivity index (χ4v) is 1.27. The molecule has 2 N–H and O–H groups in total. The van der Waals surface area contributed by atoms with Gasteiger partial charge in [-0.05, 0) is 18.2 Å². The standard InChI is InChI=1S/C9H13NO2S/c1-11-6-3-4-8(12-2)7(5-6)9(10)13/h3-5,9,13H,10H2,1-2H3. The lowest BCUT2D eigenvalue weighted by Gasteiger charge is -2.12. The second kappa shape index (κ2) is 4.39. The van der Waals surface area contributed by atoms with E-state index in [9.17, 15) is 0 Å². The van der Waals surface area contributed by atoms with Crippen LogP contribution in [0.5, 0.6) is 11.5 Å². The van der Waals surface area contributed by atoms with E-state index in [2.05, 4.69) is 12.6 Å². The summed E-state index contributed by atoms with van der Waals surface area (Å²) in [4.78, 5) is 0. The molecule has 0 saturated carbocycles. The first kappa shape index (κ1) is 10.2. The third-order valence-corrected chi connectivity index (χ3v) is 2.03. The van der Waals surface area contributed by atoms with Crippen LogP contribution in [0, 0.1) is 0 Å². The van der Waals surface area contributed by atoms with Crippen LogP contribution in [0.4, 0.5) is 0 Å². The number of nitrogens with two attached hydrogens (primary N) is 1. The second-order valence-corrected chi connectivity index (χ2v) is 3.11. The average molecular weight is 199 g/mol. The Morgan fingerprint density at radius 2 is 2.00 bits per heavy atom. The van der Waals surface area contributed by atoms with Crippen molar-refractivity contribution < 1.29 is 9.47 Å². The van der Waals surface area contributed by atoms with Crippen LogP contribution in [0.2, 0.25) is 0 Å². The van der Waals surface area contributed by atoms with E-state index >= 15 is 0 Å². The maximum absolute atomic E-state index is 5.64. The Labute approximate surface area is 83.2 Å². The van der Waals surface area contributed by atoms with E-state index in [1.54, 1.807) is 14.2 Å². The molecule has 0 aliphatic heterocycles. The zero-order valence-electron chi connectivity index (χ0n) is 7.65. The summed E-state index contributed by atoms with van der Waals surface area (Å²) >= 11 is 4.14. The topological polar surface area (TPSA) is 44.5 Å². The number of hydrogen-bond donors (Lipinski definition) is 2. The van der Waals surface area contributed by atoms with Crippen LogP contribution in [0.3, 0.4) is 0 Å². The number of thiol groups is 1. The summed E-state index contributed by atoms with van der Waals surface area (Å²) in [5.41, 5.74) is 6.47. The van der Waals surface area contributed by atoms with Gasteiger partial charge in [0.25, 0.3) is 0 Å². The predicted octanol–water partition coefficient (Wildman–Crippen LogP) is 1.59. The summed E-state index contributed by atoms with van der Waals surface area (Å²) in [5.74, 6) is 1.48. The molecule has 0 fully saturated rings. The molecule has 0 saturated heterocycles. The van der Waals surface area contributed by atoms with Crippen LogP contribution in [0.1, 0.15) is 10.9 Å². The molecule has 0 bridgehead atoms. The summed E-state index contributed by atoms with van der Waals surface area (Å²) in [6.07, 6.45) is 0. The highest BCUT2D eigenvalue weighted by atomic mass is 32.1. The first-order chi connectivity index (χ1) is 6.19. The van der Waals surface area contributed by atoms with Crippen molar-refractivity contribution in [1.29, 1.82) is 0 Å². The van der Waals surface area contributed by atoms with E-state index in [-0.39, 0.29) is 5.37 Å². The quantitative estimate of drug-likeness (QED) is 0.574. The van der Waals surface area contributed by atoms with Crippen molar-refractivity contribution in [3.63, 3.8) is 0 Å². The van der Waals surface area contributed by atoms with Gasteiger partial charge in [0.2, 0.25) is 0 Å². The van der Waals surface area contributed by atoms with Crippen molar-refractivity contribution >= 4 is 12.6 Å². The number of rotatable bonds is 3. The summed E-state index contributed by atoms with van der Waals surface area (Å²) in [7, 11) is 3.21. The van der Waals surface area contributed by atoms with Gasteiger partial charge in [0.1, 0.15) is 11.5 Å². The summed E-state index contributed by atoms with van der Waals surface area (Å²) in [6.45, 7) is 0. The van der Waals surface area contributed by atoms with Crippen LogP contribution < -0.4 is 15.2 Å². The Balaban J connectivity index is 3.10. The van der Waals surface area contributed by atoms with Crippen LogP contribution in [-0.2, 0) is 0 Å². The molecule has 0 aliphatic rings. The Morgan fingerprint density at radius 3 is 2.46 bits per heavy atom. The molecule has 1 aromatic rings. The van der Waals surface area contributed by atoms with Gasteiger partial charge in [-0.25, -0.2) is 0 Å². The Morgan fingerprint density at radius 1 is 1.31 bits per heavy atom. The van der Waals surface area contributed by atoms with Gasteiger partial charge in [0.15, 0.2) is 0 Å². The van der Waals surface area contributed by atoms with Gasteiger partial charge >= 0.3 is 0 Å².